The monoisotopic (exact) mass is 359 g/mol. The molecule has 0 amide bonds. The van der Waals surface area contributed by atoms with E-state index in [0.29, 0.717) is 13.1 Å². The summed E-state index contributed by atoms with van der Waals surface area (Å²) in [7, 11) is -3.62. The number of sulfonamides is 1. The number of hydrogen-bond donors (Lipinski definition) is 1. The number of halogens is 1. The molecule has 25 heavy (non-hydrogen) atoms. The normalized spacial score (nSPS) is 19.3. The van der Waals surface area contributed by atoms with Crippen molar-refractivity contribution in [2.24, 2.45) is 0 Å². The first-order chi connectivity index (χ1) is 12.0. The van der Waals surface area contributed by atoms with Crippen molar-refractivity contribution in [3.8, 4) is 0 Å². The Labute approximate surface area is 145 Å². The van der Waals surface area contributed by atoms with E-state index in [1.165, 1.54) is 28.6 Å². The molecule has 7 heteroatoms. The van der Waals surface area contributed by atoms with Crippen LogP contribution in [0.25, 0.3) is 11.0 Å². The van der Waals surface area contributed by atoms with Gasteiger partial charge in [-0.05, 0) is 49.2 Å². The number of aromatic nitrogens is 2. The van der Waals surface area contributed by atoms with E-state index in [1.807, 2.05) is 24.3 Å². The molecule has 1 aromatic heterocycles. The fourth-order valence-corrected chi connectivity index (χ4v) is 4.83. The van der Waals surface area contributed by atoms with Gasteiger partial charge in [-0.25, -0.2) is 17.8 Å². The third-order valence-corrected chi connectivity index (χ3v) is 6.51. The predicted octanol–water partition coefficient (Wildman–Crippen LogP) is 3.27. The Morgan fingerprint density at radius 1 is 1.12 bits per heavy atom. The van der Waals surface area contributed by atoms with E-state index in [4.69, 9.17) is 0 Å². The molecule has 1 saturated heterocycles. The predicted molar refractivity (Wildman–Crippen MR) is 93.2 cm³/mol. The maximum atomic E-state index is 13.1. The number of nitrogens with zero attached hydrogens (tertiary/aromatic N) is 2. The second-order valence-electron chi connectivity index (χ2n) is 6.30. The second-order valence-corrected chi connectivity index (χ2v) is 8.23. The van der Waals surface area contributed by atoms with Gasteiger partial charge in [0.1, 0.15) is 11.6 Å². The molecule has 1 aliphatic rings. The smallest absolute Gasteiger partial charge is 0.243 e. The molecule has 0 aliphatic carbocycles. The number of benzene rings is 2. The largest absolute Gasteiger partial charge is 0.342 e. The minimum absolute atomic E-state index is 0.0244. The highest BCUT2D eigenvalue weighted by atomic mass is 32.2. The zero-order valence-corrected chi connectivity index (χ0v) is 14.3. The van der Waals surface area contributed by atoms with Gasteiger partial charge in [-0.2, -0.15) is 4.31 Å². The Morgan fingerprint density at radius 2 is 1.88 bits per heavy atom. The van der Waals surface area contributed by atoms with Gasteiger partial charge in [0.25, 0.3) is 0 Å². The number of fused-ring (bicyclic) bond motifs is 1. The van der Waals surface area contributed by atoms with Crippen LogP contribution in [0.4, 0.5) is 4.39 Å². The van der Waals surface area contributed by atoms with E-state index >= 15 is 0 Å². The number of piperidine rings is 1. The van der Waals surface area contributed by atoms with Crippen molar-refractivity contribution in [3.05, 3.63) is 60.2 Å². The van der Waals surface area contributed by atoms with E-state index in [-0.39, 0.29) is 10.8 Å². The van der Waals surface area contributed by atoms with Crippen molar-refractivity contribution in [1.82, 2.24) is 14.3 Å². The van der Waals surface area contributed by atoms with Crippen LogP contribution in [0.2, 0.25) is 0 Å². The van der Waals surface area contributed by atoms with E-state index in [2.05, 4.69) is 9.97 Å². The molecule has 5 nitrogen and oxygen atoms in total. The minimum atomic E-state index is -3.62. The molecule has 1 unspecified atom stereocenters. The average Bonchev–Trinajstić information content (AvgIpc) is 3.06. The number of rotatable bonds is 3. The van der Waals surface area contributed by atoms with Crippen LogP contribution in [-0.4, -0.2) is 35.8 Å². The van der Waals surface area contributed by atoms with E-state index in [1.54, 1.807) is 0 Å². The summed E-state index contributed by atoms with van der Waals surface area (Å²) in [6.07, 6.45) is 1.65. The van der Waals surface area contributed by atoms with Crippen LogP contribution in [0.1, 0.15) is 24.6 Å². The van der Waals surface area contributed by atoms with Gasteiger partial charge in [-0.15, -0.1) is 0 Å². The van der Waals surface area contributed by atoms with Crippen LogP contribution in [0, 0.1) is 5.82 Å². The average molecular weight is 359 g/mol. The molecule has 0 bridgehead atoms. The van der Waals surface area contributed by atoms with Crippen molar-refractivity contribution in [1.29, 1.82) is 0 Å². The Hall–Kier alpha value is -2.25. The highest BCUT2D eigenvalue weighted by molar-refractivity contribution is 7.89. The molecule has 0 saturated carbocycles. The number of aromatic amines is 1. The lowest BCUT2D eigenvalue weighted by molar-refractivity contribution is 0.310. The molecule has 4 rings (SSSR count). The van der Waals surface area contributed by atoms with E-state index < -0.39 is 15.8 Å². The molecule has 2 heterocycles. The number of imidazole rings is 1. The van der Waals surface area contributed by atoms with E-state index in [9.17, 15) is 12.8 Å². The summed E-state index contributed by atoms with van der Waals surface area (Å²) >= 11 is 0. The summed E-state index contributed by atoms with van der Waals surface area (Å²) in [4.78, 5) is 8.04. The fraction of sp³-hybridized carbons (Fsp3) is 0.278. The van der Waals surface area contributed by atoms with Crippen LogP contribution in [-0.2, 0) is 10.0 Å². The van der Waals surface area contributed by atoms with Crippen molar-refractivity contribution >= 4 is 21.1 Å². The van der Waals surface area contributed by atoms with Crippen LogP contribution in [0.15, 0.2) is 53.4 Å². The molecule has 130 valence electrons. The van der Waals surface area contributed by atoms with Crippen molar-refractivity contribution in [2.45, 2.75) is 23.7 Å². The second kappa shape index (κ2) is 6.24. The molecular weight excluding hydrogens is 341 g/mol. The van der Waals surface area contributed by atoms with Crippen molar-refractivity contribution < 1.29 is 12.8 Å². The minimum Gasteiger partial charge on any atom is -0.342 e. The molecule has 1 fully saturated rings. The quantitative estimate of drug-likeness (QED) is 0.780. The van der Waals surface area contributed by atoms with Crippen molar-refractivity contribution in [3.63, 3.8) is 0 Å². The summed E-state index contributed by atoms with van der Waals surface area (Å²) in [6, 6.07) is 12.7. The molecule has 1 N–H and O–H groups in total. The van der Waals surface area contributed by atoms with Crippen LogP contribution < -0.4 is 0 Å². The molecule has 3 aromatic rings. The standard InChI is InChI=1S/C18H18FN3O2S/c19-14-7-9-15(10-8-14)25(23,24)22-11-3-4-13(12-22)18-20-16-5-1-2-6-17(16)21-18/h1-2,5-10,13H,3-4,11-12H2,(H,20,21). The van der Waals surface area contributed by atoms with Gasteiger partial charge >= 0.3 is 0 Å². The Kier molecular flexibility index (Phi) is 4.05. The fourth-order valence-electron chi connectivity index (χ4n) is 3.31. The molecule has 1 aliphatic heterocycles. The molecule has 2 aromatic carbocycles. The Bertz CT molecular complexity index is 966. The lowest BCUT2D eigenvalue weighted by atomic mass is 9.99. The van der Waals surface area contributed by atoms with Gasteiger partial charge in [-0.3, -0.25) is 0 Å². The number of para-hydroxylation sites is 2. The maximum absolute atomic E-state index is 13.1. The zero-order valence-electron chi connectivity index (χ0n) is 13.5. The first kappa shape index (κ1) is 16.2. The Balaban J connectivity index is 1.61. The number of hydrogen-bond acceptors (Lipinski definition) is 3. The third-order valence-electron chi connectivity index (χ3n) is 4.63. The van der Waals surface area contributed by atoms with E-state index in [0.717, 1.165) is 29.7 Å². The van der Waals surface area contributed by atoms with Crippen molar-refractivity contribution in [2.75, 3.05) is 13.1 Å². The van der Waals surface area contributed by atoms with Gasteiger partial charge < -0.3 is 4.98 Å². The first-order valence-electron chi connectivity index (χ1n) is 8.24. The SMILES string of the molecule is O=S(=O)(c1ccc(F)cc1)N1CCCC(c2nc3ccccc3[nH]2)C1. The highest BCUT2D eigenvalue weighted by Gasteiger charge is 2.32. The van der Waals surface area contributed by atoms with Gasteiger partial charge in [-0.1, -0.05) is 12.1 Å². The van der Waals surface area contributed by atoms with Gasteiger partial charge in [0.05, 0.1) is 15.9 Å². The zero-order chi connectivity index (χ0) is 17.4. The molecule has 1 atom stereocenters. The summed E-state index contributed by atoms with van der Waals surface area (Å²) in [6.45, 7) is 0.843. The molecule has 0 radical (unpaired) electrons. The maximum Gasteiger partial charge on any atom is 0.243 e. The molecular formula is C18H18FN3O2S. The number of H-pyrrole nitrogens is 1. The van der Waals surface area contributed by atoms with Crippen LogP contribution in [0.5, 0.6) is 0 Å². The third kappa shape index (κ3) is 3.05. The van der Waals surface area contributed by atoms with Crippen LogP contribution in [0.3, 0.4) is 0 Å². The first-order valence-corrected chi connectivity index (χ1v) is 9.68. The summed E-state index contributed by atoms with van der Waals surface area (Å²) in [5, 5.41) is 0. The van der Waals surface area contributed by atoms with Gasteiger partial charge in [0, 0.05) is 19.0 Å². The topological polar surface area (TPSA) is 66.1 Å². The highest BCUT2D eigenvalue weighted by Crippen LogP contribution is 2.30. The lowest BCUT2D eigenvalue weighted by Crippen LogP contribution is -2.39. The van der Waals surface area contributed by atoms with Crippen LogP contribution >= 0.6 is 0 Å². The summed E-state index contributed by atoms with van der Waals surface area (Å²) < 4.78 is 40.2. The lowest BCUT2D eigenvalue weighted by Gasteiger charge is -2.31. The molecule has 0 spiro atoms. The number of nitrogens with one attached hydrogen (secondary N) is 1. The Morgan fingerprint density at radius 3 is 2.64 bits per heavy atom. The summed E-state index contributed by atoms with van der Waals surface area (Å²) in [5.41, 5.74) is 1.84. The van der Waals surface area contributed by atoms with Gasteiger partial charge in [0.2, 0.25) is 10.0 Å². The summed E-state index contributed by atoms with van der Waals surface area (Å²) in [5.74, 6) is 0.398. The van der Waals surface area contributed by atoms with Gasteiger partial charge in [0.15, 0.2) is 0 Å².